The Morgan fingerprint density at radius 1 is 1.09 bits per heavy atom. The van der Waals surface area contributed by atoms with Gasteiger partial charge in [-0.25, -0.2) is 14.8 Å². The van der Waals surface area contributed by atoms with Gasteiger partial charge in [0, 0.05) is 32.8 Å². The van der Waals surface area contributed by atoms with E-state index < -0.39 is 36.9 Å². The molecular formula is C27H32F3N7O7S. The smallest absolute Gasteiger partial charge is 0.464 e. The number of carbonyl (C=O) groups excluding carboxylic acids is 3. The van der Waals surface area contributed by atoms with Gasteiger partial charge >= 0.3 is 12.3 Å². The molecule has 14 nitrogen and oxygen atoms in total. The van der Waals surface area contributed by atoms with Gasteiger partial charge in [0.15, 0.2) is 11.2 Å². The number of carbonyl (C=O) groups is 3. The minimum Gasteiger partial charge on any atom is -0.464 e. The van der Waals surface area contributed by atoms with Crippen molar-refractivity contribution in [3.63, 3.8) is 0 Å². The first-order chi connectivity index (χ1) is 21.2. The van der Waals surface area contributed by atoms with E-state index >= 15 is 0 Å². The van der Waals surface area contributed by atoms with Gasteiger partial charge in [0.25, 0.3) is 5.91 Å². The molecule has 0 radical (unpaired) electrons. The molecule has 2 aromatic carbocycles. The lowest BCUT2D eigenvalue weighted by molar-refractivity contribution is -0.274. The molecule has 45 heavy (non-hydrogen) atoms. The lowest BCUT2D eigenvalue weighted by Gasteiger charge is -2.14. The van der Waals surface area contributed by atoms with E-state index in [2.05, 4.69) is 25.3 Å². The summed E-state index contributed by atoms with van der Waals surface area (Å²) in [6.07, 6.45) is -4.79. The Labute approximate surface area is 258 Å². The van der Waals surface area contributed by atoms with Crippen LogP contribution in [0.15, 0.2) is 36.4 Å². The largest absolute Gasteiger partial charge is 0.573 e. The maximum absolute atomic E-state index is 12.6. The van der Waals surface area contributed by atoms with E-state index in [1.54, 1.807) is 44.8 Å². The highest BCUT2D eigenvalue weighted by atomic mass is 32.1. The van der Waals surface area contributed by atoms with Crippen molar-refractivity contribution in [2.24, 2.45) is 12.8 Å². The van der Waals surface area contributed by atoms with Gasteiger partial charge in [-0.1, -0.05) is 11.3 Å². The third-order valence-corrected chi connectivity index (χ3v) is 6.90. The standard InChI is InChI=1S/C22H20F3N5O5S.C5H12N2O2/c1-3-34-19(33)15(10-31)26-18(32)11-4-7-16-14(8-11)27-20(30(16)2)29-21-28-13-6-5-12(9-17(13)36-21)35-22(23,24)25;1-7(2)5(9)4(6)3-8/h4-9,15,31H,3,10H2,1-2H3,(H,26,32)(H,27,28,29);4,8H,3,6H2,1-2H3/t15-;4-/m00/s1. The van der Waals surface area contributed by atoms with Gasteiger partial charge in [-0.3, -0.25) is 9.59 Å². The van der Waals surface area contributed by atoms with Crippen LogP contribution < -0.4 is 21.1 Å². The molecule has 2 aromatic heterocycles. The molecule has 244 valence electrons. The number of alkyl halides is 3. The van der Waals surface area contributed by atoms with Gasteiger partial charge in [0.1, 0.15) is 11.8 Å². The fraction of sp³-hybridized carbons (Fsp3) is 0.370. The van der Waals surface area contributed by atoms with Crippen molar-refractivity contribution in [2.45, 2.75) is 25.4 Å². The second-order valence-corrected chi connectivity index (χ2v) is 10.5. The van der Waals surface area contributed by atoms with Crippen LogP contribution in [-0.4, -0.2) is 99.8 Å². The lowest BCUT2D eigenvalue weighted by Crippen LogP contribution is -2.44. The molecular weight excluding hydrogens is 623 g/mol. The molecule has 6 N–H and O–H groups in total. The summed E-state index contributed by atoms with van der Waals surface area (Å²) in [5.41, 5.74) is 7.02. The first-order valence-corrected chi connectivity index (χ1v) is 14.0. The number of nitrogens with two attached hydrogens (primary N) is 1. The summed E-state index contributed by atoms with van der Waals surface area (Å²) in [6.45, 7) is 0.814. The van der Waals surface area contributed by atoms with Gasteiger partial charge in [0.05, 0.1) is 41.1 Å². The zero-order valence-corrected chi connectivity index (χ0v) is 25.4. The van der Waals surface area contributed by atoms with Gasteiger partial charge in [-0.2, -0.15) is 0 Å². The highest BCUT2D eigenvalue weighted by Crippen LogP contribution is 2.33. The fourth-order valence-corrected chi connectivity index (χ4v) is 4.67. The number of aliphatic hydroxyl groups is 2. The number of benzene rings is 2. The Hall–Kier alpha value is -4.52. The third kappa shape index (κ3) is 9.24. The maximum atomic E-state index is 12.6. The number of likely N-dealkylation sites (N-methyl/N-ethyl adjacent to an activating group) is 1. The number of imidazole rings is 1. The molecule has 4 rings (SSSR count). The van der Waals surface area contributed by atoms with Crippen molar-refractivity contribution in [3.8, 4) is 5.75 Å². The molecule has 2 amide bonds. The van der Waals surface area contributed by atoms with Crippen molar-refractivity contribution in [1.82, 2.24) is 24.8 Å². The van der Waals surface area contributed by atoms with Gasteiger partial charge in [-0.15, -0.1) is 13.2 Å². The fourth-order valence-electron chi connectivity index (χ4n) is 3.78. The van der Waals surface area contributed by atoms with Crippen LogP contribution in [0.4, 0.5) is 24.3 Å². The minimum absolute atomic E-state index is 0.109. The summed E-state index contributed by atoms with van der Waals surface area (Å²) in [5, 5.41) is 23.6. The van der Waals surface area contributed by atoms with Crippen LogP contribution in [0.25, 0.3) is 21.3 Å². The number of aromatic nitrogens is 3. The Morgan fingerprint density at radius 3 is 2.38 bits per heavy atom. The van der Waals surface area contributed by atoms with Crippen LogP contribution >= 0.6 is 11.3 Å². The van der Waals surface area contributed by atoms with Crippen LogP contribution in [0.3, 0.4) is 0 Å². The van der Waals surface area contributed by atoms with Crippen molar-refractivity contribution >= 4 is 61.5 Å². The predicted octanol–water partition coefficient (Wildman–Crippen LogP) is 1.87. The second kappa shape index (κ2) is 15.0. The minimum atomic E-state index is -4.79. The maximum Gasteiger partial charge on any atom is 0.573 e. The number of esters is 1. The van der Waals surface area contributed by atoms with E-state index in [1.807, 2.05) is 0 Å². The van der Waals surface area contributed by atoms with Crippen molar-refractivity contribution < 1.29 is 47.2 Å². The number of amides is 2. The number of thiazole rings is 1. The average Bonchev–Trinajstić information content (AvgIpc) is 3.53. The molecule has 0 saturated carbocycles. The summed E-state index contributed by atoms with van der Waals surface area (Å²) in [4.78, 5) is 45.3. The number of hydrogen-bond donors (Lipinski definition) is 5. The number of ether oxygens (including phenoxy) is 2. The van der Waals surface area contributed by atoms with Crippen LogP contribution in [0.1, 0.15) is 17.3 Å². The number of rotatable bonds is 10. The number of nitrogens with zero attached hydrogens (tertiary/aromatic N) is 4. The van der Waals surface area contributed by atoms with E-state index in [9.17, 15) is 32.7 Å². The van der Waals surface area contributed by atoms with E-state index in [0.717, 1.165) is 11.3 Å². The summed E-state index contributed by atoms with van der Waals surface area (Å²) in [6, 6.07) is 6.63. The number of nitrogens with one attached hydrogen (secondary N) is 2. The summed E-state index contributed by atoms with van der Waals surface area (Å²) >= 11 is 1.12. The van der Waals surface area contributed by atoms with Crippen LogP contribution in [0.2, 0.25) is 0 Å². The summed E-state index contributed by atoms with van der Waals surface area (Å²) in [5.74, 6) is -1.55. The number of aliphatic hydroxyl groups excluding tert-OH is 2. The Balaban J connectivity index is 0.000000535. The SMILES string of the molecule is CCOC(=O)[C@H](CO)NC(=O)c1ccc2c(c1)nc(Nc1nc3ccc(OC(F)(F)F)cc3s1)n2C.CN(C)C(=O)[C@@H](N)CO. The van der Waals surface area contributed by atoms with Gasteiger partial charge < -0.3 is 45.5 Å². The van der Waals surface area contributed by atoms with Gasteiger partial charge in [0.2, 0.25) is 11.9 Å². The second-order valence-electron chi connectivity index (χ2n) is 9.50. The lowest BCUT2D eigenvalue weighted by atomic mass is 10.1. The monoisotopic (exact) mass is 655 g/mol. The molecule has 18 heteroatoms. The molecule has 0 bridgehead atoms. The highest BCUT2D eigenvalue weighted by Gasteiger charge is 2.31. The van der Waals surface area contributed by atoms with E-state index in [0.29, 0.717) is 32.3 Å². The van der Waals surface area contributed by atoms with Crippen LogP contribution in [0.5, 0.6) is 5.75 Å². The highest BCUT2D eigenvalue weighted by molar-refractivity contribution is 7.22. The zero-order valence-electron chi connectivity index (χ0n) is 24.6. The third-order valence-electron chi connectivity index (χ3n) is 5.97. The first-order valence-electron chi connectivity index (χ1n) is 13.2. The molecule has 2 atom stereocenters. The quantitative estimate of drug-likeness (QED) is 0.157. The van der Waals surface area contributed by atoms with Crippen molar-refractivity contribution in [2.75, 3.05) is 39.2 Å². The molecule has 0 unspecified atom stereocenters. The normalized spacial score (nSPS) is 12.6. The average molecular weight is 656 g/mol. The van der Waals surface area contributed by atoms with Crippen molar-refractivity contribution in [3.05, 3.63) is 42.0 Å². The summed E-state index contributed by atoms with van der Waals surface area (Å²) < 4.78 is 48.5. The predicted molar refractivity (Wildman–Crippen MR) is 159 cm³/mol. The zero-order chi connectivity index (χ0) is 33.5. The molecule has 2 heterocycles. The Morgan fingerprint density at radius 2 is 1.80 bits per heavy atom. The molecule has 0 saturated heterocycles. The molecule has 0 aliphatic rings. The first kappa shape index (κ1) is 35.0. The van der Waals surface area contributed by atoms with E-state index in [-0.39, 0.29) is 30.4 Å². The molecule has 0 aliphatic carbocycles. The van der Waals surface area contributed by atoms with Crippen molar-refractivity contribution in [1.29, 1.82) is 0 Å². The Kier molecular flexibility index (Phi) is 11.6. The number of fused-ring (bicyclic) bond motifs is 2. The number of anilines is 2. The topological polar surface area (TPSA) is 194 Å². The molecule has 4 aromatic rings. The summed E-state index contributed by atoms with van der Waals surface area (Å²) in [7, 11) is 4.93. The molecule has 0 aliphatic heterocycles. The number of aryl methyl sites for hydroxylation is 1. The molecule has 0 fully saturated rings. The van der Waals surface area contributed by atoms with E-state index in [4.69, 9.17) is 15.6 Å². The molecule has 0 spiro atoms. The Bertz CT molecular complexity index is 1660. The number of hydrogen-bond acceptors (Lipinski definition) is 12. The van der Waals surface area contributed by atoms with Crippen LogP contribution in [-0.2, 0) is 21.4 Å². The number of halogens is 3. The van der Waals surface area contributed by atoms with Gasteiger partial charge in [-0.05, 0) is 37.3 Å². The van der Waals surface area contributed by atoms with Crippen LogP contribution in [0, 0.1) is 0 Å². The van der Waals surface area contributed by atoms with E-state index in [1.165, 1.54) is 29.2 Å².